The fourth-order valence-electron chi connectivity index (χ4n) is 0.189. The van der Waals surface area contributed by atoms with Gasteiger partial charge in [-0.05, 0) is 17.7 Å². The molecule has 0 aromatic rings. The van der Waals surface area contributed by atoms with Gasteiger partial charge in [0.1, 0.15) is 11.6 Å². The Balaban J connectivity index is 4.03. The number of allylic oxidation sites excluding steroid dienone is 1. The van der Waals surface area contributed by atoms with Crippen LogP contribution in [-0.4, -0.2) is 12.0 Å². The van der Waals surface area contributed by atoms with Gasteiger partial charge in [0.15, 0.2) is 0 Å². The minimum Gasteiger partial charge on any atom is -0.232 e. The Morgan fingerprint density at radius 3 is 2.22 bits per heavy atom. The molecule has 0 heterocycles. The van der Waals surface area contributed by atoms with Crippen LogP contribution in [-0.2, 0) is 5.11 Å². The Hall–Kier alpha value is 0.140. The van der Waals surface area contributed by atoms with Crippen LogP contribution in [0.15, 0.2) is 11.1 Å². The van der Waals surface area contributed by atoms with Crippen molar-refractivity contribution < 1.29 is 13.9 Å². The fourth-order valence-corrected chi connectivity index (χ4v) is 0.329. The molecule has 0 saturated heterocycles. The number of hydrogen-bond donors (Lipinski definition) is 0. The molecule has 1 radical (unpaired) electrons. The zero-order valence-electron chi connectivity index (χ0n) is 4.20. The summed E-state index contributed by atoms with van der Waals surface area (Å²) in [7, 11) is 0. The normalized spacial score (nSPS) is 14.1. The molecule has 9 heavy (non-hydrogen) atoms. The van der Waals surface area contributed by atoms with Gasteiger partial charge in [0.2, 0.25) is 0 Å². The van der Waals surface area contributed by atoms with E-state index in [1.807, 2.05) is 0 Å². The molecule has 53 valence electrons. The van der Waals surface area contributed by atoms with Crippen molar-refractivity contribution in [3.63, 3.8) is 0 Å². The quantitative estimate of drug-likeness (QED) is 0.575. The van der Waals surface area contributed by atoms with E-state index in [0.717, 1.165) is 0 Å². The van der Waals surface area contributed by atoms with Crippen LogP contribution in [0.1, 0.15) is 0 Å². The van der Waals surface area contributed by atoms with Crippen LogP contribution >= 0.6 is 23.2 Å². The average Bonchev–Trinajstić information content (AvgIpc) is 1.64. The minimum atomic E-state index is -3.59. The zero-order chi connectivity index (χ0) is 7.49. The molecule has 0 aliphatic carbocycles. The molecule has 0 amide bonds. The Morgan fingerprint density at radius 2 is 2.11 bits per heavy atom. The molecule has 0 saturated carbocycles. The van der Waals surface area contributed by atoms with Crippen LogP contribution in [0.3, 0.4) is 0 Å². The van der Waals surface area contributed by atoms with E-state index in [1.54, 1.807) is 0 Å². The molecule has 0 aliphatic rings. The molecular formula is C4H3Cl2F2O. The molecule has 0 atom stereocenters. The van der Waals surface area contributed by atoms with E-state index in [4.69, 9.17) is 11.6 Å². The smallest absolute Gasteiger partial charge is 0.232 e. The molecular weight excluding hydrogens is 173 g/mol. The summed E-state index contributed by atoms with van der Waals surface area (Å²) in [5.41, 5.74) is 0. The number of hydrogen-bond acceptors (Lipinski definition) is 0. The van der Waals surface area contributed by atoms with Crippen molar-refractivity contribution in [1.82, 2.24) is 0 Å². The van der Waals surface area contributed by atoms with Gasteiger partial charge in [-0.1, -0.05) is 11.6 Å². The summed E-state index contributed by atoms with van der Waals surface area (Å²) in [5, 5.41) is 5.13. The van der Waals surface area contributed by atoms with E-state index in [9.17, 15) is 13.9 Å². The monoisotopic (exact) mass is 175 g/mol. The minimum absolute atomic E-state index is 0.620. The van der Waals surface area contributed by atoms with Gasteiger partial charge in [0.25, 0.3) is 0 Å². The first kappa shape index (κ1) is 9.14. The molecule has 0 rings (SSSR count). The lowest BCUT2D eigenvalue weighted by Gasteiger charge is -2.03. The Kier molecular flexibility index (Phi) is 3.40. The molecule has 5 heteroatoms. The second kappa shape index (κ2) is 3.34. The van der Waals surface area contributed by atoms with Gasteiger partial charge in [-0.2, -0.15) is 8.78 Å². The largest absolute Gasteiger partial charge is 0.358 e. The van der Waals surface area contributed by atoms with E-state index in [1.165, 1.54) is 0 Å². The van der Waals surface area contributed by atoms with Gasteiger partial charge < -0.3 is 0 Å². The van der Waals surface area contributed by atoms with Gasteiger partial charge in [0, 0.05) is 0 Å². The van der Waals surface area contributed by atoms with Gasteiger partial charge in [-0.15, -0.1) is 0 Å². The van der Waals surface area contributed by atoms with Crippen molar-refractivity contribution in [1.29, 1.82) is 0 Å². The van der Waals surface area contributed by atoms with E-state index in [2.05, 4.69) is 11.6 Å². The summed E-state index contributed by atoms with van der Waals surface area (Å²) in [6.45, 7) is -0.791. The Labute approximate surface area is 60.9 Å². The maximum Gasteiger partial charge on any atom is 0.358 e. The van der Waals surface area contributed by atoms with Crippen molar-refractivity contribution in [2.75, 3.05) is 6.61 Å². The van der Waals surface area contributed by atoms with Gasteiger partial charge in [-0.3, -0.25) is 0 Å². The van der Waals surface area contributed by atoms with E-state index in [-0.39, 0.29) is 0 Å². The third kappa shape index (κ3) is 3.67. The van der Waals surface area contributed by atoms with Gasteiger partial charge in [0.05, 0.1) is 0 Å². The summed E-state index contributed by atoms with van der Waals surface area (Å²) in [5.74, 6) is 0. The molecule has 0 spiro atoms. The first-order valence-electron chi connectivity index (χ1n) is 1.99. The van der Waals surface area contributed by atoms with E-state index in [0.29, 0.717) is 6.08 Å². The van der Waals surface area contributed by atoms with Crippen LogP contribution in [0.25, 0.3) is 0 Å². The molecule has 0 fully saturated rings. The third-order valence-corrected chi connectivity index (χ3v) is 1.23. The van der Waals surface area contributed by atoms with Crippen LogP contribution < -0.4 is 0 Å². The first-order chi connectivity index (χ1) is 3.98. The Bertz CT molecular complexity index is 118. The Morgan fingerprint density at radius 1 is 1.67 bits per heavy atom. The second-order valence-corrected chi connectivity index (χ2v) is 2.10. The van der Waals surface area contributed by atoms with Crippen LogP contribution in [0, 0.1) is 0 Å². The van der Waals surface area contributed by atoms with Crippen molar-refractivity contribution in [2.45, 2.75) is 5.38 Å². The highest BCUT2D eigenvalue weighted by molar-refractivity contribution is 6.38. The lowest BCUT2D eigenvalue weighted by Crippen LogP contribution is -2.05. The highest BCUT2D eigenvalue weighted by Crippen LogP contribution is 2.30. The lowest BCUT2D eigenvalue weighted by atomic mass is 10.5. The number of rotatable bonds is 2. The van der Waals surface area contributed by atoms with Crippen LogP contribution in [0.5, 0.6) is 0 Å². The highest BCUT2D eigenvalue weighted by Gasteiger charge is 2.28. The molecule has 0 aliphatic heterocycles. The van der Waals surface area contributed by atoms with Gasteiger partial charge in [-0.25, -0.2) is 5.11 Å². The third-order valence-electron chi connectivity index (χ3n) is 0.533. The van der Waals surface area contributed by atoms with Crippen molar-refractivity contribution >= 4 is 23.2 Å². The molecule has 0 aromatic carbocycles. The zero-order valence-corrected chi connectivity index (χ0v) is 5.72. The predicted molar refractivity (Wildman–Crippen MR) is 30.3 cm³/mol. The molecule has 1 nitrogen and oxygen atoms in total. The summed E-state index contributed by atoms with van der Waals surface area (Å²) < 4.78 is 23.5. The van der Waals surface area contributed by atoms with Crippen LogP contribution in [0.2, 0.25) is 0 Å². The molecule has 0 bridgehead atoms. The standard InChI is InChI=1S/C4H3Cl2F2O/c5-3(1-2-9)4(6,7)8/h1H,2H2/b3-1-. The maximum atomic E-state index is 11.7. The average molecular weight is 176 g/mol. The lowest BCUT2D eigenvalue weighted by molar-refractivity contribution is 0.145. The predicted octanol–water partition coefficient (Wildman–Crippen LogP) is 2.37. The van der Waals surface area contributed by atoms with Crippen molar-refractivity contribution in [3.8, 4) is 0 Å². The van der Waals surface area contributed by atoms with Crippen molar-refractivity contribution in [3.05, 3.63) is 11.1 Å². The van der Waals surface area contributed by atoms with Gasteiger partial charge >= 0.3 is 5.38 Å². The topological polar surface area (TPSA) is 19.9 Å². The first-order valence-corrected chi connectivity index (χ1v) is 2.75. The molecule has 0 N–H and O–H groups in total. The molecule has 0 aromatic heterocycles. The maximum absolute atomic E-state index is 11.7. The fraction of sp³-hybridized carbons (Fsp3) is 0.500. The summed E-state index contributed by atoms with van der Waals surface area (Å²) in [6, 6.07) is 0. The second-order valence-electron chi connectivity index (χ2n) is 1.22. The van der Waals surface area contributed by atoms with Crippen LogP contribution in [0.4, 0.5) is 8.78 Å². The summed E-state index contributed by atoms with van der Waals surface area (Å²) in [4.78, 5) is 0. The number of halogens is 4. The molecule has 0 unspecified atom stereocenters. The van der Waals surface area contributed by atoms with Crippen molar-refractivity contribution in [2.24, 2.45) is 0 Å². The SMILES string of the molecule is [O]C/C=C(\Cl)C(F)(F)Cl. The van der Waals surface area contributed by atoms with E-state index >= 15 is 0 Å². The van der Waals surface area contributed by atoms with E-state index < -0.39 is 17.0 Å². The highest BCUT2D eigenvalue weighted by atomic mass is 35.5. The number of alkyl halides is 3. The summed E-state index contributed by atoms with van der Waals surface area (Å²) in [6.07, 6.45) is 0.620. The summed E-state index contributed by atoms with van der Waals surface area (Å²) >= 11 is 9.23.